The monoisotopic (exact) mass is 249 g/mol. The number of aromatic nitrogens is 2. The molecule has 0 aromatic carbocycles. The van der Waals surface area contributed by atoms with Crippen LogP contribution in [0.5, 0.6) is 5.88 Å². The molecule has 0 atom stereocenters. The van der Waals surface area contributed by atoms with Gasteiger partial charge in [-0.3, -0.25) is 0 Å². The smallest absolute Gasteiger partial charge is 0.221 e. The minimum absolute atomic E-state index is 0.0838. The Balaban J connectivity index is 2.00. The second-order valence-electron chi connectivity index (χ2n) is 5.98. The second kappa shape index (κ2) is 5.65. The fourth-order valence-electron chi connectivity index (χ4n) is 2.10. The molecular formula is C14H23N3O. The average Bonchev–Trinajstić information content (AvgIpc) is 2.80. The highest BCUT2D eigenvalue weighted by Gasteiger charge is 2.19. The van der Waals surface area contributed by atoms with E-state index in [1.807, 2.05) is 6.20 Å². The summed E-state index contributed by atoms with van der Waals surface area (Å²) < 4.78 is 5.98. The van der Waals surface area contributed by atoms with Gasteiger partial charge in [-0.1, -0.05) is 0 Å². The van der Waals surface area contributed by atoms with Crippen molar-refractivity contribution in [2.45, 2.75) is 64.6 Å². The van der Waals surface area contributed by atoms with Crippen molar-refractivity contribution in [2.24, 2.45) is 0 Å². The van der Waals surface area contributed by atoms with Crippen LogP contribution in [-0.2, 0) is 6.54 Å². The predicted molar refractivity (Wildman–Crippen MR) is 71.5 cm³/mol. The van der Waals surface area contributed by atoms with Crippen molar-refractivity contribution >= 4 is 0 Å². The van der Waals surface area contributed by atoms with Crippen LogP contribution >= 0.6 is 0 Å². The van der Waals surface area contributed by atoms with Gasteiger partial charge in [0.05, 0.1) is 0 Å². The molecule has 1 aliphatic carbocycles. The number of rotatable bonds is 4. The summed E-state index contributed by atoms with van der Waals surface area (Å²) in [5.74, 6) is 0.744. The van der Waals surface area contributed by atoms with Gasteiger partial charge in [-0.15, -0.1) is 0 Å². The van der Waals surface area contributed by atoms with Crippen LogP contribution in [0, 0.1) is 0 Å². The van der Waals surface area contributed by atoms with E-state index in [0.717, 1.165) is 30.8 Å². The summed E-state index contributed by atoms with van der Waals surface area (Å²) in [7, 11) is 0. The van der Waals surface area contributed by atoms with Crippen molar-refractivity contribution in [2.75, 3.05) is 0 Å². The molecule has 0 radical (unpaired) electrons. The van der Waals surface area contributed by atoms with Crippen LogP contribution in [0.25, 0.3) is 0 Å². The Kier molecular flexibility index (Phi) is 4.17. The summed E-state index contributed by atoms with van der Waals surface area (Å²) in [4.78, 5) is 8.36. The van der Waals surface area contributed by atoms with Crippen LogP contribution in [-0.4, -0.2) is 21.6 Å². The minimum atomic E-state index is 0.0838. The van der Waals surface area contributed by atoms with Crippen molar-refractivity contribution in [1.29, 1.82) is 0 Å². The Morgan fingerprint density at radius 3 is 2.72 bits per heavy atom. The topological polar surface area (TPSA) is 47.0 Å². The van der Waals surface area contributed by atoms with Crippen LogP contribution in [0.4, 0.5) is 0 Å². The molecule has 1 fully saturated rings. The van der Waals surface area contributed by atoms with Crippen LogP contribution < -0.4 is 10.1 Å². The van der Waals surface area contributed by atoms with E-state index < -0.39 is 0 Å². The van der Waals surface area contributed by atoms with Crippen LogP contribution in [0.2, 0.25) is 0 Å². The van der Waals surface area contributed by atoms with Gasteiger partial charge < -0.3 is 10.1 Å². The average molecular weight is 249 g/mol. The predicted octanol–water partition coefficient (Wildman–Crippen LogP) is 2.69. The molecule has 1 aromatic heterocycles. The zero-order valence-corrected chi connectivity index (χ0v) is 11.6. The lowest BCUT2D eigenvalue weighted by Gasteiger charge is -2.21. The summed E-state index contributed by atoms with van der Waals surface area (Å²) in [6.45, 7) is 7.18. The second-order valence-corrected chi connectivity index (χ2v) is 5.98. The fraction of sp³-hybridized carbons (Fsp3) is 0.714. The molecule has 0 unspecified atom stereocenters. The van der Waals surface area contributed by atoms with Crippen molar-refractivity contribution in [3.63, 3.8) is 0 Å². The summed E-state index contributed by atoms with van der Waals surface area (Å²) in [6.07, 6.45) is 8.58. The molecule has 0 bridgehead atoms. The minimum Gasteiger partial charge on any atom is -0.474 e. The first-order valence-electron chi connectivity index (χ1n) is 6.75. The Hall–Kier alpha value is -1.16. The van der Waals surface area contributed by atoms with Crippen LogP contribution in [0.3, 0.4) is 0 Å². The molecule has 0 aliphatic heterocycles. The molecule has 1 heterocycles. The van der Waals surface area contributed by atoms with Crippen molar-refractivity contribution in [1.82, 2.24) is 15.3 Å². The normalized spacial score (nSPS) is 17.1. The first-order valence-corrected chi connectivity index (χ1v) is 6.75. The van der Waals surface area contributed by atoms with Gasteiger partial charge >= 0.3 is 0 Å². The number of hydrogen-bond acceptors (Lipinski definition) is 4. The van der Waals surface area contributed by atoms with E-state index in [1.54, 1.807) is 6.33 Å². The van der Waals surface area contributed by atoms with Gasteiger partial charge in [0, 0.05) is 23.8 Å². The largest absolute Gasteiger partial charge is 0.474 e. The van der Waals surface area contributed by atoms with E-state index in [-0.39, 0.29) is 5.54 Å². The maximum Gasteiger partial charge on any atom is 0.221 e. The lowest BCUT2D eigenvalue weighted by atomic mass is 10.1. The van der Waals surface area contributed by atoms with E-state index >= 15 is 0 Å². The molecule has 1 aromatic rings. The van der Waals surface area contributed by atoms with Gasteiger partial charge in [-0.2, -0.15) is 0 Å². The molecule has 0 amide bonds. The Morgan fingerprint density at radius 2 is 2.06 bits per heavy atom. The third-order valence-corrected chi connectivity index (χ3v) is 3.14. The number of nitrogens with zero attached hydrogens (tertiary/aromatic N) is 2. The fourth-order valence-corrected chi connectivity index (χ4v) is 2.10. The van der Waals surface area contributed by atoms with Gasteiger partial charge in [-0.05, 0) is 46.5 Å². The number of hydrogen-bond donors (Lipinski definition) is 1. The third kappa shape index (κ3) is 3.95. The summed E-state index contributed by atoms with van der Waals surface area (Å²) in [6, 6.07) is 0. The molecule has 4 heteroatoms. The van der Waals surface area contributed by atoms with Crippen molar-refractivity contribution in [3.8, 4) is 5.88 Å². The van der Waals surface area contributed by atoms with Gasteiger partial charge in [0.25, 0.3) is 0 Å². The highest BCUT2D eigenvalue weighted by molar-refractivity contribution is 5.22. The maximum absolute atomic E-state index is 5.98. The summed E-state index contributed by atoms with van der Waals surface area (Å²) in [5.41, 5.74) is 1.12. The number of nitrogens with one attached hydrogen (secondary N) is 1. The zero-order valence-electron chi connectivity index (χ0n) is 11.6. The Morgan fingerprint density at radius 1 is 1.33 bits per heavy atom. The van der Waals surface area contributed by atoms with Crippen LogP contribution in [0.15, 0.2) is 12.5 Å². The molecule has 100 valence electrons. The molecule has 18 heavy (non-hydrogen) atoms. The van der Waals surface area contributed by atoms with Gasteiger partial charge in [-0.25, -0.2) is 9.97 Å². The first kappa shape index (κ1) is 13.3. The van der Waals surface area contributed by atoms with Crippen molar-refractivity contribution < 1.29 is 4.74 Å². The molecule has 1 N–H and O–H groups in total. The summed E-state index contributed by atoms with van der Waals surface area (Å²) in [5, 5.41) is 3.44. The molecule has 2 rings (SSSR count). The highest BCUT2D eigenvalue weighted by Crippen LogP contribution is 2.24. The first-order chi connectivity index (χ1) is 8.54. The van der Waals surface area contributed by atoms with E-state index in [9.17, 15) is 0 Å². The summed E-state index contributed by atoms with van der Waals surface area (Å²) >= 11 is 0. The van der Waals surface area contributed by atoms with E-state index in [4.69, 9.17) is 4.74 Å². The van der Waals surface area contributed by atoms with Gasteiger partial charge in [0.2, 0.25) is 5.88 Å². The third-order valence-electron chi connectivity index (χ3n) is 3.14. The van der Waals surface area contributed by atoms with E-state index in [0.29, 0.717) is 6.10 Å². The molecule has 1 saturated carbocycles. The quantitative estimate of drug-likeness (QED) is 0.891. The lowest BCUT2D eigenvalue weighted by molar-refractivity contribution is 0.198. The highest BCUT2D eigenvalue weighted by atomic mass is 16.5. The van der Waals surface area contributed by atoms with Gasteiger partial charge in [0.15, 0.2) is 0 Å². The van der Waals surface area contributed by atoms with Crippen molar-refractivity contribution in [3.05, 3.63) is 18.1 Å². The molecule has 0 spiro atoms. The molecule has 0 saturated heterocycles. The Labute approximate surface area is 109 Å². The zero-order chi connectivity index (χ0) is 13.0. The van der Waals surface area contributed by atoms with Crippen LogP contribution in [0.1, 0.15) is 52.0 Å². The molecule has 4 nitrogen and oxygen atoms in total. The standard InChI is InChI=1S/C14H23N3O/c1-14(2,3)17-9-11-8-15-10-16-13(11)18-12-6-4-5-7-12/h8,10,12,17H,4-7,9H2,1-3H3. The molecule has 1 aliphatic rings. The van der Waals surface area contributed by atoms with E-state index in [1.165, 1.54) is 12.8 Å². The Bertz CT molecular complexity index is 381. The molecular weight excluding hydrogens is 226 g/mol. The number of ether oxygens (including phenoxy) is 1. The van der Waals surface area contributed by atoms with Gasteiger partial charge in [0.1, 0.15) is 12.4 Å². The van der Waals surface area contributed by atoms with E-state index in [2.05, 4.69) is 36.1 Å². The SMILES string of the molecule is CC(C)(C)NCc1cncnc1OC1CCCC1. The lowest BCUT2D eigenvalue weighted by Crippen LogP contribution is -2.35. The maximum atomic E-state index is 5.98.